The number of pyridine rings is 1. The predicted molar refractivity (Wildman–Crippen MR) is 81.0 cm³/mol. The van der Waals surface area contributed by atoms with Gasteiger partial charge in [-0.15, -0.1) is 0 Å². The zero-order valence-electron chi connectivity index (χ0n) is 11.9. The van der Waals surface area contributed by atoms with Gasteiger partial charge >= 0.3 is 0 Å². The first-order valence-corrected chi connectivity index (χ1v) is 8.01. The van der Waals surface area contributed by atoms with Crippen LogP contribution >= 0.6 is 11.8 Å². The number of amides is 1. The van der Waals surface area contributed by atoms with Gasteiger partial charge in [-0.1, -0.05) is 6.07 Å². The topological polar surface area (TPSA) is 63.2 Å². The van der Waals surface area contributed by atoms with Crippen molar-refractivity contribution >= 4 is 17.7 Å². The number of rotatable bonds is 5. The first-order valence-electron chi connectivity index (χ1n) is 6.86. The van der Waals surface area contributed by atoms with Crippen molar-refractivity contribution in [1.82, 2.24) is 15.6 Å². The van der Waals surface area contributed by atoms with Gasteiger partial charge in [-0.2, -0.15) is 11.8 Å². The van der Waals surface area contributed by atoms with Crippen LogP contribution in [0.4, 0.5) is 0 Å². The molecular weight excluding hydrogens is 274 g/mol. The summed E-state index contributed by atoms with van der Waals surface area (Å²) < 4.78 is 5.64. The molecule has 1 amide bonds. The van der Waals surface area contributed by atoms with Gasteiger partial charge in [-0.05, 0) is 19.9 Å². The van der Waals surface area contributed by atoms with Gasteiger partial charge < -0.3 is 15.4 Å². The molecule has 2 N–H and O–H groups in total. The fourth-order valence-corrected chi connectivity index (χ4v) is 2.86. The van der Waals surface area contributed by atoms with E-state index in [1.54, 1.807) is 18.0 Å². The van der Waals surface area contributed by atoms with Gasteiger partial charge in [-0.3, -0.25) is 4.79 Å². The predicted octanol–water partition coefficient (Wildman–Crippen LogP) is 1.19. The van der Waals surface area contributed by atoms with Crippen molar-refractivity contribution in [2.24, 2.45) is 0 Å². The van der Waals surface area contributed by atoms with Crippen LogP contribution in [0, 0.1) is 0 Å². The van der Waals surface area contributed by atoms with E-state index >= 15 is 0 Å². The van der Waals surface area contributed by atoms with Crippen molar-refractivity contribution in [1.29, 1.82) is 0 Å². The molecule has 0 spiro atoms. The molecule has 0 radical (unpaired) electrons. The van der Waals surface area contributed by atoms with Crippen LogP contribution in [0.25, 0.3) is 0 Å². The zero-order chi connectivity index (χ0) is 14.4. The Morgan fingerprint density at radius 2 is 2.50 bits per heavy atom. The molecule has 1 fully saturated rings. The average molecular weight is 295 g/mol. The second-order valence-corrected chi connectivity index (χ2v) is 6.08. The Hall–Kier alpha value is -1.27. The highest BCUT2D eigenvalue weighted by atomic mass is 32.2. The zero-order valence-corrected chi connectivity index (χ0v) is 12.7. The summed E-state index contributed by atoms with van der Waals surface area (Å²) in [5.74, 6) is 2.53. The Kier molecular flexibility index (Phi) is 5.67. The Morgan fingerprint density at radius 3 is 3.20 bits per heavy atom. The number of nitrogens with zero attached hydrogens (tertiary/aromatic N) is 1. The van der Waals surface area contributed by atoms with Crippen LogP contribution in [0.1, 0.15) is 19.4 Å². The largest absolute Gasteiger partial charge is 0.475 e. The minimum atomic E-state index is -0.0973. The third-order valence-corrected chi connectivity index (χ3v) is 3.95. The maximum absolute atomic E-state index is 12.1. The van der Waals surface area contributed by atoms with Crippen LogP contribution in [0.15, 0.2) is 18.3 Å². The molecule has 20 heavy (non-hydrogen) atoms. The van der Waals surface area contributed by atoms with Crippen LogP contribution in [0.2, 0.25) is 0 Å². The Balaban J connectivity index is 1.91. The first kappa shape index (κ1) is 15.1. The van der Waals surface area contributed by atoms with E-state index in [4.69, 9.17) is 4.74 Å². The highest BCUT2D eigenvalue weighted by molar-refractivity contribution is 7.99. The number of thioether (sulfide) groups is 1. The van der Waals surface area contributed by atoms with Gasteiger partial charge in [-0.25, -0.2) is 4.98 Å². The lowest BCUT2D eigenvalue weighted by atomic mass is 10.2. The van der Waals surface area contributed by atoms with Crippen molar-refractivity contribution in [3.63, 3.8) is 0 Å². The number of carbonyl (C=O) groups is 1. The number of carbonyl (C=O) groups excluding carboxylic acids is 1. The highest BCUT2D eigenvalue weighted by Crippen LogP contribution is 2.16. The second-order valence-electron chi connectivity index (χ2n) is 4.93. The minimum absolute atomic E-state index is 0.0385. The molecule has 1 aromatic heterocycles. The molecule has 1 unspecified atom stereocenters. The summed E-state index contributed by atoms with van der Waals surface area (Å²) in [5.41, 5.74) is 0.901. The molecule has 0 aromatic carbocycles. The number of nitrogens with one attached hydrogen (secondary N) is 2. The van der Waals surface area contributed by atoms with Crippen molar-refractivity contribution in [2.45, 2.75) is 32.5 Å². The fraction of sp³-hybridized carbons (Fsp3) is 0.571. The number of ether oxygens (including phenoxy) is 1. The van der Waals surface area contributed by atoms with E-state index < -0.39 is 0 Å². The third-order valence-electron chi connectivity index (χ3n) is 2.89. The molecule has 0 saturated carbocycles. The van der Waals surface area contributed by atoms with Crippen molar-refractivity contribution in [2.75, 3.05) is 18.1 Å². The van der Waals surface area contributed by atoms with E-state index in [0.717, 1.165) is 23.6 Å². The van der Waals surface area contributed by atoms with E-state index in [9.17, 15) is 4.79 Å². The maximum Gasteiger partial charge on any atom is 0.238 e. The second kappa shape index (κ2) is 7.50. The molecule has 6 heteroatoms. The van der Waals surface area contributed by atoms with E-state index in [1.165, 1.54) is 0 Å². The summed E-state index contributed by atoms with van der Waals surface area (Å²) in [5, 5.41) is 6.17. The quantitative estimate of drug-likeness (QED) is 0.854. The summed E-state index contributed by atoms with van der Waals surface area (Å²) in [6.45, 7) is 5.25. The van der Waals surface area contributed by atoms with E-state index in [2.05, 4.69) is 15.6 Å². The van der Waals surface area contributed by atoms with Gasteiger partial charge in [0.2, 0.25) is 11.8 Å². The summed E-state index contributed by atoms with van der Waals surface area (Å²) in [4.78, 5) is 16.3. The smallest absolute Gasteiger partial charge is 0.238 e. The lowest BCUT2D eigenvalue weighted by Crippen LogP contribution is -2.48. The normalized spacial score (nSPS) is 18.9. The van der Waals surface area contributed by atoms with Gasteiger partial charge in [0.25, 0.3) is 0 Å². The number of aromatic nitrogens is 1. The van der Waals surface area contributed by atoms with Crippen molar-refractivity contribution in [3.05, 3.63) is 23.9 Å². The maximum atomic E-state index is 12.1. The molecule has 1 aromatic rings. The molecule has 2 heterocycles. The molecule has 0 bridgehead atoms. The molecule has 1 aliphatic heterocycles. The Labute approximate surface area is 123 Å². The Morgan fingerprint density at radius 1 is 1.65 bits per heavy atom. The van der Waals surface area contributed by atoms with E-state index in [1.807, 2.05) is 26.0 Å². The molecule has 110 valence electrons. The molecule has 5 nitrogen and oxygen atoms in total. The summed E-state index contributed by atoms with van der Waals surface area (Å²) >= 11 is 1.80. The summed E-state index contributed by atoms with van der Waals surface area (Å²) in [6, 6.07) is 3.68. The number of hydrogen-bond donors (Lipinski definition) is 2. The van der Waals surface area contributed by atoms with Crippen LogP contribution in [-0.2, 0) is 11.3 Å². The van der Waals surface area contributed by atoms with Crippen LogP contribution in [0.5, 0.6) is 5.88 Å². The molecule has 1 atom stereocenters. The molecule has 2 rings (SSSR count). The average Bonchev–Trinajstić information content (AvgIpc) is 2.46. The van der Waals surface area contributed by atoms with Crippen LogP contribution in [0.3, 0.4) is 0 Å². The van der Waals surface area contributed by atoms with Crippen LogP contribution in [-0.4, -0.2) is 41.1 Å². The summed E-state index contributed by atoms with van der Waals surface area (Å²) in [6.07, 6.45) is 1.76. The van der Waals surface area contributed by atoms with Gasteiger partial charge in [0, 0.05) is 36.4 Å². The van der Waals surface area contributed by atoms with Gasteiger partial charge in [0.15, 0.2) is 0 Å². The molecular formula is C14H21N3O2S. The van der Waals surface area contributed by atoms with Gasteiger partial charge in [0.05, 0.1) is 12.1 Å². The third kappa shape index (κ3) is 4.38. The SMILES string of the molecule is CC(C)Oc1ncccc1CNC(=O)C1CSCCN1. The lowest BCUT2D eigenvalue weighted by Gasteiger charge is -2.22. The highest BCUT2D eigenvalue weighted by Gasteiger charge is 2.20. The number of hydrogen-bond acceptors (Lipinski definition) is 5. The van der Waals surface area contributed by atoms with Crippen molar-refractivity contribution in [3.8, 4) is 5.88 Å². The molecule has 0 aliphatic carbocycles. The van der Waals surface area contributed by atoms with Gasteiger partial charge in [0.1, 0.15) is 0 Å². The van der Waals surface area contributed by atoms with E-state index in [-0.39, 0.29) is 18.1 Å². The monoisotopic (exact) mass is 295 g/mol. The first-order chi connectivity index (χ1) is 9.66. The fourth-order valence-electron chi connectivity index (χ4n) is 1.93. The minimum Gasteiger partial charge on any atom is -0.475 e. The van der Waals surface area contributed by atoms with Crippen LogP contribution < -0.4 is 15.4 Å². The van der Waals surface area contributed by atoms with E-state index in [0.29, 0.717) is 12.4 Å². The standard InChI is InChI=1S/C14H21N3O2S/c1-10(2)19-14-11(4-3-5-16-14)8-17-13(18)12-9-20-7-6-15-12/h3-5,10,12,15H,6-9H2,1-2H3,(H,17,18). The molecule has 1 aliphatic rings. The lowest BCUT2D eigenvalue weighted by molar-refractivity contribution is -0.122. The summed E-state index contributed by atoms with van der Waals surface area (Å²) in [7, 11) is 0. The Bertz CT molecular complexity index is 448. The molecule has 1 saturated heterocycles. The van der Waals surface area contributed by atoms with Crippen molar-refractivity contribution < 1.29 is 9.53 Å².